The van der Waals surface area contributed by atoms with Crippen molar-refractivity contribution in [2.75, 3.05) is 6.61 Å². The lowest BCUT2D eigenvalue weighted by molar-refractivity contribution is -0.145. The van der Waals surface area contributed by atoms with Crippen molar-refractivity contribution >= 4 is 56.7 Å². The lowest BCUT2D eigenvalue weighted by atomic mass is 9.95. The molecule has 1 aromatic rings. The number of amides is 1. The summed E-state index contributed by atoms with van der Waals surface area (Å²) in [4.78, 5) is 34.8. The van der Waals surface area contributed by atoms with Crippen LogP contribution in [0.1, 0.15) is 31.6 Å². The van der Waals surface area contributed by atoms with Crippen LogP contribution in [-0.4, -0.2) is 29.6 Å². The molecule has 0 aliphatic rings. The molecule has 0 saturated carbocycles. The third kappa shape index (κ3) is 5.26. The van der Waals surface area contributed by atoms with Gasteiger partial charge < -0.3 is 15.2 Å². The van der Waals surface area contributed by atoms with E-state index in [1.165, 1.54) is 11.3 Å². The monoisotopic (exact) mass is 411 g/mol. The number of nitrogens with one attached hydrogen (secondary N) is 1. The standard InChI is InChI=1S/C13H15BrClNO5S/c1-3-21-11(20)6-13(2,16-9(17)5-10(18)19)12-7(15)4-8(14)22-12/h4H,3,5-6H2,1-2H3,(H,16,17)(H,18,19)/t13-/m0/s1. The Balaban J connectivity index is 3.08. The zero-order chi connectivity index (χ0) is 16.9. The number of hydrogen-bond acceptors (Lipinski definition) is 5. The van der Waals surface area contributed by atoms with Crippen LogP contribution < -0.4 is 5.32 Å². The highest BCUT2D eigenvalue weighted by Gasteiger charge is 2.36. The molecule has 22 heavy (non-hydrogen) atoms. The summed E-state index contributed by atoms with van der Waals surface area (Å²) in [5.74, 6) is -2.48. The van der Waals surface area contributed by atoms with Crippen molar-refractivity contribution in [2.24, 2.45) is 0 Å². The van der Waals surface area contributed by atoms with Crippen LogP contribution in [0.5, 0.6) is 0 Å². The summed E-state index contributed by atoms with van der Waals surface area (Å²) in [6, 6.07) is 1.65. The minimum atomic E-state index is -1.26. The predicted octanol–water partition coefficient (Wildman–Crippen LogP) is 2.92. The topological polar surface area (TPSA) is 92.7 Å². The number of carbonyl (C=O) groups excluding carboxylic acids is 2. The quantitative estimate of drug-likeness (QED) is 0.530. The van der Waals surface area contributed by atoms with Gasteiger partial charge in [0.25, 0.3) is 0 Å². The van der Waals surface area contributed by atoms with Crippen LogP contribution in [0.15, 0.2) is 9.85 Å². The minimum Gasteiger partial charge on any atom is -0.481 e. The molecule has 0 aliphatic heterocycles. The Morgan fingerprint density at radius 1 is 1.50 bits per heavy atom. The fraction of sp³-hybridized carbons (Fsp3) is 0.462. The fourth-order valence-electron chi connectivity index (χ4n) is 1.89. The van der Waals surface area contributed by atoms with Crippen LogP contribution in [0.3, 0.4) is 0 Å². The zero-order valence-electron chi connectivity index (χ0n) is 11.9. The maximum atomic E-state index is 11.8. The van der Waals surface area contributed by atoms with Crippen molar-refractivity contribution in [2.45, 2.75) is 32.2 Å². The van der Waals surface area contributed by atoms with E-state index < -0.39 is 29.8 Å². The van der Waals surface area contributed by atoms with E-state index in [-0.39, 0.29) is 13.0 Å². The maximum absolute atomic E-state index is 11.8. The number of esters is 1. The molecule has 1 atom stereocenters. The van der Waals surface area contributed by atoms with E-state index in [1.54, 1.807) is 19.9 Å². The molecule has 0 spiro atoms. The van der Waals surface area contributed by atoms with E-state index in [0.717, 1.165) is 3.79 Å². The van der Waals surface area contributed by atoms with Crippen LogP contribution in [-0.2, 0) is 24.7 Å². The SMILES string of the molecule is CCOC(=O)C[C@](C)(NC(=O)CC(=O)O)c1sc(Br)cc1Cl. The van der Waals surface area contributed by atoms with E-state index in [9.17, 15) is 14.4 Å². The summed E-state index contributed by atoms with van der Waals surface area (Å²) in [6.45, 7) is 3.49. The van der Waals surface area contributed by atoms with Crippen LogP contribution in [0.4, 0.5) is 0 Å². The summed E-state index contributed by atoms with van der Waals surface area (Å²) in [5, 5.41) is 11.6. The van der Waals surface area contributed by atoms with Gasteiger partial charge >= 0.3 is 11.9 Å². The van der Waals surface area contributed by atoms with Gasteiger partial charge in [-0.05, 0) is 35.8 Å². The van der Waals surface area contributed by atoms with E-state index in [2.05, 4.69) is 21.2 Å². The van der Waals surface area contributed by atoms with Crippen molar-refractivity contribution in [1.29, 1.82) is 0 Å². The molecular formula is C13H15BrClNO5S. The van der Waals surface area contributed by atoms with Crippen molar-refractivity contribution in [3.63, 3.8) is 0 Å². The van der Waals surface area contributed by atoms with Crippen LogP contribution in [0.2, 0.25) is 5.02 Å². The molecule has 0 radical (unpaired) electrons. The maximum Gasteiger partial charge on any atom is 0.312 e. The third-order valence-electron chi connectivity index (χ3n) is 2.69. The van der Waals surface area contributed by atoms with Gasteiger partial charge in [0, 0.05) is 0 Å². The van der Waals surface area contributed by atoms with E-state index in [0.29, 0.717) is 9.90 Å². The van der Waals surface area contributed by atoms with Gasteiger partial charge in [0.1, 0.15) is 6.42 Å². The molecule has 0 unspecified atom stereocenters. The van der Waals surface area contributed by atoms with Crippen molar-refractivity contribution in [3.05, 3.63) is 19.8 Å². The Hall–Kier alpha value is -1.12. The Morgan fingerprint density at radius 3 is 2.59 bits per heavy atom. The van der Waals surface area contributed by atoms with Gasteiger partial charge in [0.2, 0.25) is 5.91 Å². The Labute approximate surface area is 144 Å². The van der Waals surface area contributed by atoms with Gasteiger partial charge in [-0.3, -0.25) is 14.4 Å². The number of rotatable bonds is 7. The van der Waals surface area contributed by atoms with Gasteiger partial charge in [-0.2, -0.15) is 0 Å². The largest absolute Gasteiger partial charge is 0.481 e. The molecule has 0 aliphatic carbocycles. The van der Waals surface area contributed by atoms with E-state index in [4.69, 9.17) is 21.4 Å². The predicted molar refractivity (Wildman–Crippen MR) is 86.0 cm³/mol. The fourth-order valence-corrected chi connectivity index (χ4v) is 4.11. The molecule has 0 fully saturated rings. The second-order valence-corrected chi connectivity index (χ2v) is 7.50. The van der Waals surface area contributed by atoms with Crippen LogP contribution >= 0.6 is 38.9 Å². The van der Waals surface area contributed by atoms with Crippen molar-refractivity contribution in [1.82, 2.24) is 5.32 Å². The van der Waals surface area contributed by atoms with Gasteiger partial charge in [-0.25, -0.2) is 0 Å². The van der Waals surface area contributed by atoms with Crippen molar-refractivity contribution in [3.8, 4) is 0 Å². The number of carboxylic acid groups (broad SMARTS) is 1. The molecule has 0 aromatic carbocycles. The molecule has 1 amide bonds. The van der Waals surface area contributed by atoms with Crippen LogP contribution in [0, 0.1) is 0 Å². The Morgan fingerprint density at radius 2 is 2.14 bits per heavy atom. The number of ether oxygens (including phenoxy) is 1. The molecule has 1 rings (SSSR count). The highest BCUT2D eigenvalue weighted by atomic mass is 79.9. The first-order chi connectivity index (χ1) is 10.2. The average molecular weight is 413 g/mol. The number of carboxylic acids is 1. The Bertz CT molecular complexity index is 591. The summed E-state index contributed by atoms with van der Waals surface area (Å²) >= 11 is 10.7. The summed E-state index contributed by atoms with van der Waals surface area (Å²) in [6.07, 6.45) is -0.846. The molecule has 0 saturated heterocycles. The minimum absolute atomic E-state index is 0.154. The average Bonchev–Trinajstić information content (AvgIpc) is 2.67. The van der Waals surface area contributed by atoms with E-state index >= 15 is 0 Å². The van der Waals surface area contributed by atoms with Crippen LogP contribution in [0.25, 0.3) is 0 Å². The lowest BCUT2D eigenvalue weighted by Crippen LogP contribution is -2.45. The van der Waals surface area contributed by atoms with Gasteiger partial charge in [-0.15, -0.1) is 11.3 Å². The molecule has 6 nitrogen and oxygen atoms in total. The summed E-state index contributed by atoms with van der Waals surface area (Å²) in [7, 11) is 0. The Kier molecular flexibility index (Phi) is 6.83. The van der Waals surface area contributed by atoms with E-state index in [1.807, 2.05) is 0 Å². The zero-order valence-corrected chi connectivity index (χ0v) is 15.1. The number of halogens is 2. The molecule has 2 N–H and O–H groups in total. The number of thiophene rings is 1. The second-order valence-electron chi connectivity index (χ2n) is 4.66. The highest BCUT2D eigenvalue weighted by molar-refractivity contribution is 9.11. The smallest absolute Gasteiger partial charge is 0.312 e. The highest BCUT2D eigenvalue weighted by Crippen LogP contribution is 2.40. The number of aliphatic carboxylic acids is 1. The van der Waals surface area contributed by atoms with Crippen molar-refractivity contribution < 1.29 is 24.2 Å². The molecule has 1 heterocycles. The molecule has 122 valence electrons. The first-order valence-corrected chi connectivity index (χ1v) is 8.30. The normalized spacial score (nSPS) is 13.3. The molecular weight excluding hydrogens is 398 g/mol. The lowest BCUT2D eigenvalue weighted by Gasteiger charge is -2.29. The van der Waals surface area contributed by atoms with Gasteiger partial charge in [0.05, 0.1) is 32.3 Å². The molecule has 0 bridgehead atoms. The summed E-state index contributed by atoms with van der Waals surface area (Å²) < 4.78 is 5.64. The first kappa shape index (κ1) is 18.9. The number of carbonyl (C=O) groups is 3. The van der Waals surface area contributed by atoms with Gasteiger partial charge in [0.15, 0.2) is 0 Å². The number of hydrogen-bond donors (Lipinski definition) is 2. The first-order valence-electron chi connectivity index (χ1n) is 6.31. The molecule has 9 heteroatoms. The third-order valence-corrected chi connectivity index (χ3v) is 5.00. The second kappa shape index (κ2) is 7.94. The van der Waals surface area contributed by atoms with Gasteiger partial charge in [-0.1, -0.05) is 11.6 Å². The summed E-state index contributed by atoms with van der Waals surface area (Å²) in [5.41, 5.74) is -1.15. The molecule has 1 aromatic heterocycles.